The van der Waals surface area contributed by atoms with Gasteiger partial charge in [-0.15, -0.1) is 5.10 Å². The molecule has 7 heteroatoms. The van der Waals surface area contributed by atoms with Crippen LogP contribution in [0.3, 0.4) is 0 Å². The molecule has 0 spiro atoms. The first kappa shape index (κ1) is 15.4. The van der Waals surface area contributed by atoms with E-state index in [1.165, 1.54) is 0 Å². The Morgan fingerprint density at radius 2 is 2.13 bits per heavy atom. The van der Waals surface area contributed by atoms with Gasteiger partial charge in [-0.05, 0) is 30.4 Å². The molecule has 3 rings (SSSR count). The number of hydrogen-bond donors (Lipinski definition) is 2. The van der Waals surface area contributed by atoms with Gasteiger partial charge in [0.2, 0.25) is 0 Å². The Labute approximate surface area is 138 Å². The van der Waals surface area contributed by atoms with Gasteiger partial charge in [-0.3, -0.25) is 4.79 Å². The fraction of sp³-hybridized carbons (Fsp3) is 0.250. The minimum absolute atomic E-state index is 0.165. The summed E-state index contributed by atoms with van der Waals surface area (Å²) in [6.45, 7) is 3.85. The first-order valence-electron chi connectivity index (χ1n) is 7.41. The standard InChI is InChI=1S/C16H17N5OS/c1-3-12-14(23-21-20-12)16(22)18-10(2)15-17-9-13(19-15)11-7-5-4-6-8-11/h4-10H,3H2,1-2H3,(H,17,19)(H,18,22). The van der Waals surface area contributed by atoms with Crippen LogP contribution in [0.25, 0.3) is 11.3 Å². The minimum atomic E-state index is -0.230. The van der Waals surface area contributed by atoms with Crippen LogP contribution < -0.4 is 5.32 Å². The summed E-state index contributed by atoms with van der Waals surface area (Å²) in [5, 5.41) is 6.90. The molecule has 118 valence electrons. The minimum Gasteiger partial charge on any atom is -0.342 e. The first-order chi connectivity index (χ1) is 11.2. The molecular formula is C16H17N5OS. The topological polar surface area (TPSA) is 83.6 Å². The summed E-state index contributed by atoms with van der Waals surface area (Å²) in [6.07, 6.45) is 2.46. The number of aromatic nitrogens is 4. The van der Waals surface area contributed by atoms with Gasteiger partial charge < -0.3 is 10.3 Å². The Balaban J connectivity index is 1.73. The molecule has 2 aromatic heterocycles. The van der Waals surface area contributed by atoms with E-state index in [1.54, 1.807) is 6.20 Å². The van der Waals surface area contributed by atoms with E-state index in [9.17, 15) is 4.79 Å². The van der Waals surface area contributed by atoms with E-state index in [1.807, 2.05) is 44.2 Å². The van der Waals surface area contributed by atoms with Crippen LogP contribution in [0.1, 0.15) is 41.1 Å². The fourth-order valence-electron chi connectivity index (χ4n) is 2.26. The number of aryl methyl sites for hydroxylation is 1. The summed E-state index contributed by atoms with van der Waals surface area (Å²) in [4.78, 5) is 20.5. The molecule has 0 saturated heterocycles. The fourth-order valence-corrected chi connectivity index (χ4v) is 2.92. The lowest BCUT2D eigenvalue weighted by atomic mass is 10.2. The Morgan fingerprint density at radius 3 is 2.87 bits per heavy atom. The molecule has 0 fully saturated rings. The van der Waals surface area contributed by atoms with E-state index in [4.69, 9.17) is 0 Å². The zero-order valence-electron chi connectivity index (χ0n) is 12.9. The summed E-state index contributed by atoms with van der Waals surface area (Å²) in [5.41, 5.74) is 2.71. The summed E-state index contributed by atoms with van der Waals surface area (Å²) >= 11 is 1.12. The molecule has 0 saturated carbocycles. The molecule has 23 heavy (non-hydrogen) atoms. The predicted molar refractivity (Wildman–Crippen MR) is 89.2 cm³/mol. The molecule has 1 unspecified atom stereocenters. The zero-order valence-corrected chi connectivity index (χ0v) is 13.7. The number of benzene rings is 1. The van der Waals surface area contributed by atoms with E-state index in [2.05, 4.69) is 24.9 Å². The smallest absolute Gasteiger partial charge is 0.265 e. The average Bonchev–Trinajstić information content (AvgIpc) is 3.24. The maximum absolute atomic E-state index is 12.3. The van der Waals surface area contributed by atoms with E-state index in [0.29, 0.717) is 17.1 Å². The van der Waals surface area contributed by atoms with Gasteiger partial charge in [0.1, 0.15) is 10.7 Å². The third kappa shape index (κ3) is 3.29. The van der Waals surface area contributed by atoms with E-state index >= 15 is 0 Å². The second-order valence-corrected chi connectivity index (χ2v) is 5.90. The summed E-state index contributed by atoms with van der Waals surface area (Å²) in [5.74, 6) is 0.551. The van der Waals surface area contributed by atoms with Crippen molar-refractivity contribution in [2.45, 2.75) is 26.3 Å². The van der Waals surface area contributed by atoms with Crippen molar-refractivity contribution in [1.29, 1.82) is 0 Å². The molecule has 0 aliphatic rings. The van der Waals surface area contributed by atoms with E-state index in [0.717, 1.165) is 28.5 Å². The van der Waals surface area contributed by atoms with Crippen LogP contribution in [-0.2, 0) is 6.42 Å². The average molecular weight is 327 g/mol. The molecule has 2 heterocycles. The number of nitrogens with one attached hydrogen (secondary N) is 2. The lowest BCUT2D eigenvalue weighted by molar-refractivity contribution is 0.0941. The highest BCUT2D eigenvalue weighted by Crippen LogP contribution is 2.19. The van der Waals surface area contributed by atoms with Crippen molar-refractivity contribution in [1.82, 2.24) is 24.9 Å². The maximum Gasteiger partial charge on any atom is 0.265 e. The highest BCUT2D eigenvalue weighted by Gasteiger charge is 2.19. The lowest BCUT2D eigenvalue weighted by Crippen LogP contribution is -2.27. The molecule has 6 nitrogen and oxygen atoms in total. The highest BCUT2D eigenvalue weighted by molar-refractivity contribution is 7.08. The Hall–Kier alpha value is -2.54. The Bertz CT molecular complexity index is 796. The van der Waals surface area contributed by atoms with Crippen LogP contribution in [0.15, 0.2) is 36.5 Å². The molecule has 0 aliphatic carbocycles. The van der Waals surface area contributed by atoms with Gasteiger partial charge in [-0.1, -0.05) is 41.7 Å². The molecule has 0 aliphatic heterocycles. The normalized spacial score (nSPS) is 12.1. The lowest BCUT2D eigenvalue weighted by Gasteiger charge is -2.10. The molecule has 0 bridgehead atoms. The number of carbonyl (C=O) groups is 1. The van der Waals surface area contributed by atoms with E-state index < -0.39 is 0 Å². The monoisotopic (exact) mass is 327 g/mol. The van der Waals surface area contributed by atoms with Crippen LogP contribution in [0.5, 0.6) is 0 Å². The van der Waals surface area contributed by atoms with Gasteiger partial charge in [-0.25, -0.2) is 4.98 Å². The number of nitrogens with zero attached hydrogens (tertiary/aromatic N) is 3. The largest absolute Gasteiger partial charge is 0.342 e. The first-order valence-corrected chi connectivity index (χ1v) is 8.18. The summed E-state index contributed by atoms with van der Waals surface area (Å²) in [7, 11) is 0. The van der Waals surface area contributed by atoms with Gasteiger partial charge in [0.05, 0.1) is 23.6 Å². The molecule has 3 aromatic rings. The van der Waals surface area contributed by atoms with E-state index in [-0.39, 0.29) is 11.9 Å². The van der Waals surface area contributed by atoms with Crippen molar-refractivity contribution in [2.75, 3.05) is 0 Å². The third-order valence-electron chi connectivity index (χ3n) is 3.53. The van der Waals surface area contributed by atoms with Gasteiger partial charge in [0.15, 0.2) is 0 Å². The summed E-state index contributed by atoms with van der Waals surface area (Å²) < 4.78 is 3.85. The maximum atomic E-state index is 12.3. The SMILES string of the molecule is CCc1nnsc1C(=O)NC(C)c1ncc(-c2ccccc2)[nH]1. The van der Waals surface area contributed by atoms with Crippen molar-refractivity contribution in [2.24, 2.45) is 0 Å². The number of H-pyrrole nitrogens is 1. The van der Waals surface area contributed by atoms with Crippen LogP contribution in [0.4, 0.5) is 0 Å². The van der Waals surface area contributed by atoms with Gasteiger partial charge in [-0.2, -0.15) is 0 Å². The number of aromatic amines is 1. The number of amides is 1. The van der Waals surface area contributed by atoms with Crippen LogP contribution >= 0.6 is 11.5 Å². The summed E-state index contributed by atoms with van der Waals surface area (Å²) in [6, 6.07) is 9.71. The Kier molecular flexibility index (Phi) is 4.47. The van der Waals surface area contributed by atoms with Gasteiger partial charge in [0, 0.05) is 0 Å². The van der Waals surface area contributed by atoms with Crippen molar-refractivity contribution >= 4 is 17.4 Å². The predicted octanol–water partition coefficient (Wildman–Crippen LogP) is 2.98. The molecule has 2 N–H and O–H groups in total. The van der Waals surface area contributed by atoms with Crippen molar-refractivity contribution < 1.29 is 4.79 Å². The van der Waals surface area contributed by atoms with Crippen molar-refractivity contribution in [3.8, 4) is 11.3 Å². The van der Waals surface area contributed by atoms with Crippen LogP contribution in [-0.4, -0.2) is 25.5 Å². The molecule has 1 atom stereocenters. The highest BCUT2D eigenvalue weighted by atomic mass is 32.1. The quantitative estimate of drug-likeness (QED) is 0.754. The van der Waals surface area contributed by atoms with Gasteiger partial charge in [0.25, 0.3) is 5.91 Å². The zero-order chi connectivity index (χ0) is 16.2. The second kappa shape index (κ2) is 6.70. The number of carbonyl (C=O) groups excluding carboxylic acids is 1. The van der Waals surface area contributed by atoms with Crippen molar-refractivity contribution in [3.05, 3.63) is 52.9 Å². The van der Waals surface area contributed by atoms with Crippen LogP contribution in [0, 0.1) is 0 Å². The number of rotatable bonds is 5. The van der Waals surface area contributed by atoms with Crippen LogP contribution in [0.2, 0.25) is 0 Å². The molecule has 1 aromatic carbocycles. The van der Waals surface area contributed by atoms with Crippen molar-refractivity contribution in [3.63, 3.8) is 0 Å². The molecule has 1 amide bonds. The third-order valence-corrected chi connectivity index (χ3v) is 4.30. The second-order valence-electron chi connectivity index (χ2n) is 5.15. The number of hydrogen-bond acceptors (Lipinski definition) is 5. The number of imidazole rings is 1. The van der Waals surface area contributed by atoms with Gasteiger partial charge >= 0.3 is 0 Å². The molecule has 0 radical (unpaired) electrons. The molecular weight excluding hydrogens is 310 g/mol. The Morgan fingerprint density at radius 1 is 1.35 bits per heavy atom.